The molecule has 24 heavy (non-hydrogen) atoms. The zero-order valence-corrected chi connectivity index (χ0v) is 14.8. The second-order valence-corrected chi connectivity index (χ2v) is 6.29. The molecular weight excluding hydrogens is 398 g/mol. The summed E-state index contributed by atoms with van der Waals surface area (Å²) in [6.07, 6.45) is 1.75. The summed E-state index contributed by atoms with van der Waals surface area (Å²) in [6, 6.07) is 11.9. The third-order valence-electron chi connectivity index (χ3n) is 3.32. The fourth-order valence-electron chi connectivity index (χ4n) is 2.13. The van der Waals surface area contributed by atoms with Gasteiger partial charge in [-0.2, -0.15) is 0 Å². The van der Waals surface area contributed by atoms with E-state index in [2.05, 4.69) is 21.0 Å². The first-order valence-corrected chi connectivity index (χ1v) is 8.05. The number of aromatic nitrogens is 2. The van der Waals surface area contributed by atoms with Gasteiger partial charge in [-0.25, -0.2) is 4.68 Å². The molecule has 3 aromatic rings. The molecule has 0 saturated carbocycles. The highest BCUT2D eigenvalue weighted by atomic mass is 79.9. The average Bonchev–Trinajstić information content (AvgIpc) is 2.99. The molecule has 2 aromatic carbocycles. The van der Waals surface area contributed by atoms with E-state index in [1.54, 1.807) is 42.1 Å². The molecule has 122 valence electrons. The number of halogens is 2. The zero-order valence-electron chi connectivity index (χ0n) is 12.4. The first-order valence-electron chi connectivity index (χ1n) is 6.88. The van der Waals surface area contributed by atoms with E-state index in [1.165, 1.54) is 6.07 Å². The van der Waals surface area contributed by atoms with E-state index in [4.69, 9.17) is 16.3 Å². The molecule has 0 amide bonds. The Morgan fingerprint density at radius 2 is 1.96 bits per heavy atom. The van der Waals surface area contributed by atoms with E-state index in [1.807, 2.05) is 12.1 Å². The maximum atomic E-state index is 10.9. The van der Waals surface area contributed by atoms with E-state index in [9.17, 15) is 10.1 Å². The molecule has 8 heteroatoms. The SMILES string of the molecule is Cc1cc(Oc2ccn(-c3ccc(Cl)cc3)n2)c(Br)cc1[N+](=O)[O-]. The van der Waals surface area contributed by atoms with Crippen LogP contribution in [0.25, 0.3) is 5.69 Å². The summed E-state index contributed by atoms with van der Waals surface area (Å²) in [6.45, 7) is 1.66. The van der Waals surface area contributed by atoms with Gasteiger partial charge in [-0.3, -0.25) is 10.1 Å². The van der Waals surface area contributed by atoms with Gasteiger partial charge in [0, 0.05) is 28.9 Å². The minimum absolute atomic E-state index is 0.0286. The average molecular weight is 409 g/mol. The lowest BCUT2D eigenvalue weighted by Gasteiger charge is -2.07. The van der Waals surface area contributed by atoms with E-state index < -0.39 is 4.92 Å². The van der Waals surface area contributed by atoms with Gasteiger partial charge in [0.05, 0.1) is 15.1 Å². The van der Waals surface area contributed by atoms with E-state index in [-0.39, 0.29) is 5.69 Å². The number of nitrogens with zero attached hydrogens (tertiary/aromatic N) is 3. The second-order valence-electron chi connectivity index (χ2n) is 5.00. The number of aryl methyl sites for hydroxylation is 1. The van der Waals surface area contributed by atoms with Gasteiger partial charge in [-0.15, -0.1) is 5.10 Å². The number of benzene rings is 2. The Hall–Kier alpha value is -2.38. The van der Waals surface area contributed by atoms with Crippen molar-refractivity contribution in [1.82, 2.24) is 9.78 Å². The lowest BCUT2D eigenvalue weighted by Crippen LogP contribution is -1.96. The predicted molar refractivity (Wildman–Crippen MR) is 94.2 cm³/mol. The molecule has 3 rings (SSSR count). The van der Waals surface area contributed by atoms with E-state index in [0.717, 1.165) is 5.69 Å². The molecule has 1 heterocycles. The third kappa shape index (κ3) is 3.42. The van der Waals surface area contributed by atoms with Crippen LogP contribution in [0.5, 0.6) is 11.6 Å². The number of hydrogen-bond acceptors (Lipinski definition) is 4. The minimum Gasteiger partial charge on any atom is -0.436 e. The van der Waals surface area contributed by atoms with Gasteiger partial charge >= 0.3 is 0 Å². The van der Waals surface area contributed by atoms with Crippen LogP contribution in [0.4, 0.5) is 5.69 Å². The highest BCUT2D eigenvalue weighted by Gasteiger charge is 2.16. The molecule has 0 radical (unpaired) electrons. The normalized spacial score (nSPS) is 10.6. The molecule has 0 unspecified atom stereocenters. The number of rotatable bonds is 4. The van der Waals surface area contributed by atoms with Gasteiger partial charge in [-0.1, -0.05) is 11.6 Å². The molecule has 0 fully saturated rings. The Morgan fingerprint density at radius 3 is 2.62 bits per heavy atom. The lowest BCUT2D eigenvalue weighted by molar-refractivity contribution is -0.385. The Morgan fingerprint density at radius 1 is 1.25 bits per heavy atom. The third-order valence-corrected chi connectivity index (χ3v) is 4.19. The van der Waals surface area contributed by atoms with Crippen molar-refractivity contribution in [3.05, 3.63) is 73.8 Å². The lowest BCUT2D eigenvalue weighted by atomic mass is 10.2. The van der Waals surface area contributed by atoms with Crippen LogP contribution in [-0.2, 0) is 0 Å². The van der Waals surface area contributed by atoms with Crippen LogP contribution in [0.15, 0.2) is 53.1 Å². The molecule has 0 aliphatic carbocycles. The van der Waals surface area contributed by atoms with Crippen molar-refractivity contribution in [2.75, 3.05) is 0 Å². The summed E-state index contributed by atoms with van der Waals surface area (Å²) in [5, 5.41) is 15.9. The highest BCUT2D eigenvalue weighted by molar-refractivity contribution is 9.10. The molecule has 0 aliphatic heterocycles. The standard InChI is InChI=1S/C16H11BrClN3O3/c1-10-8-15(13(17)9-14(10)21(22)23)24-16-6-7-20(19-16)12-4-2-11(18)3-5-12/h2-9H,1H3. The van der Waals surface area contributed by atoms with Crippen molar-refractivity contribution >= 4 is 33.2 Å². The molecule has 0 aliphatic rings. The summed E-state index contributed by atoms with van der Waals surface area (Å²) in [5.74, 6) is 0.832. The second kappa shape index (κ2) is 6.62. The van der Waals surface area contributed by atoms with Crippen LogP contribution in [0, 0.1) is 17.0 Å². The van der Waals surface area contributed by atoms with Crippen LogP contribution in [0.1, 0.15) is 5.56 Å². The number of hydrogen-bond donors (Lipinski definition) is 0. The van der Waals surface area contributed by atoms with Crippen molar-refractivity contribution in [2.24, 2.45) is 0 Å². The van der Waals surface area contributed by atoms with Gasteiger partial charge in [-0.05, 0) is 53.2 Å². The van der Waals surface area contributed by atoms with Crippen molar-refractivity contribution < 1.29 is 9.66 Å². The van der Waals surface area contributed by atoms with Gasteiger partial charge in [0.2, 0.25) is 5.88 Å². The molecule has 0 spiro atoms. The van der Waals surface area contributed by atoms with Crippen molar-refractivity contribution in [2.45, 2.75) is 6.92 Å². The predicted octanol–water partition coefficient (Wildman–Crippen LogP) is 5.30. The molecule has 0 bridgehead atoms. The van der Waals surface area contributed by atoms with Crippen LogP contribution in [0.3, 0.4) is 0 Å². The van der Waals surface area contributed by atoms with Crippen LogP contribution >= 0.6 is 27.5 Å². The largest absolute Gasteiger partial charge is 0.436 e. The van der Waals surface area contributed by atoms with Crippen LogP contribution < -0.4 is 4.74 Å². The van der Waals surface area contributed by atoms with Crippen LogP contribution in [0.2, 0.25) is 5.02 Å². The fourth-order valence-corrected chi connectivity index (χ4v) is 2.67. The summed E-state index contributed by atoms with van der Waals surface area (Å²) >= 11 is 9.16. The Kier molecular flexibility index (Phi) is 4.55. The number of nitro groups is 1. The first kappa shape index (κ1) is 16.5. The Labute approximate surface area is 150 Å². The molecule has 0 N–H and O–H groups in total. The first-order chi connectivity index (χ1) is 11.4. The van der Waals surface area contributed by atoms with Gasteiger partial charge in [0.25, 0.3) is 5.69 Å². The topological polar surface area (TPSA) is 70.2 Å². The minimum atomic E-state index is -0.431. The summed E-state index contributed by atoms with van der Waals surface area (Å²) in [5.41, 5.74) is 1.38. The van der Waals surface area contributed by atoms with Crippen molar-refractivity contribution in [3.63, 3.8) is 0 Å². The summed E-state index contributed by atoms with van der Waals surface area (Å²) in [4.78, 5) is 10.5. The van der Waals surface area contributed by atoms with Gasteiger partial charge in [0.1, 0.15) is 5.75 Å². The molecule has 0 saturated heterocycles. The summed E-state index contributed by atoms with van der Waals surface area (Å²) < 4.78 is 7.86. The fraction of sp³-hybridized carbons (Fsp3) is 0.0625. The Balaban J connectivity index is 1.86. The van der Waals surface area contributed by atoms with Crippen molar-refractivity contribution in [3.8, 4) is 17.3 Å². The zero-order chi connectivity index (χ0) is 17.3. The molecule has 6 nitrogen and oxygen atoms in total. The van der Waals surface area contributed by atoms with Crippen LogP contribution in [-0.4, -0.2) is 14.7 Å². The molecular formula is C16H11BrClN3O3. The maximum Gasteiger partial charge on any atom is 0.273 e. The van der Waals surface area contributed by atoms with Crippen molar-refractivity contribution in [1.29, 1.82) is 0 Å². The maximum absolute atomic E-state index is 10.9. The summed E-state index contributed by atoms with van der Waals surface area (Å²) in [7, 11) is 0. The Bertz CT molecular complexity index is 909. The smallest absolute Gasteiger partial charge is 0.273 e. The van der Waals surface area contributed by atoms with E-state index >= 15 is 0 Å². The molecule has 1 aromatic heterocycles. The van der Waals surface area contributed by atoms with Gasteiger partial charge in [0.15, 0.2) is 0 Å². The quantitative estimate of drug-likeness (QED) is 0.434. The number of ether oxygens (including phenoxy) is 1. The number of nitro benzene ring substituents is 1. The van der Waals surface area contributed by atoms with E-state index in [0.29, 0.717) is 26.7 Å². The van der Waals surface area contributed by atoms with Gasteiger partial charge < -0.3 is 4.74 Å². The highest BCUT2D eigenvalue weighted by Crippen LogP contribution is 2.34. The monoisotopic (exact) mass is 407 g/mol. The molecule has 0 atom stereocenters.